The highest BCUT2D eigenvalue weighted by Crippen LogP contribution is 2.52. The van der Waals surface area contributed by atoms with Gasteiger partial charge in [0.1, 0.15) is 11.5 Å². The van der Waals surface area contributed by atoms with Crippen LogP contribution in [-0.4, -0.2) is 29.8 Å². The van der Waals surface area contributed by atoms with Gasteiger partial charge in [-0.25, -0.2) is 0 Å². The number of Topliss-reactive ketones (excluding diaryl/α,β-unsaturated/α-hetero) is 2. The summed E-state index contributed by atoms with van der Waals surface area (Å²) < 4.78 is 6.46. The van der Waals surface area contributed by atoms with E-state index in [1.54, 1.807) is 6.07 Å². The molecule has 6 nitrogen and oxygen atoms in total. The second-order valence-electron chi connectivity index (χ2n) is 12.2. The summed E-state index contributed by atoms with van der Waals surface area (Å²) in [6.45, 7) is 8.27. The van der Waals surface area contributed by atoms with Crippen LogP contribution in [0.2, 0.25) is 0 Å². The lowest BCUT2D eigenvalue weighted by molar-refractivity contribution is -0.124. The van der Waals surface area contributed by atoms with Gasteiger partial charge in [0.05, 0.1) is 10.4 Å². The van der Waals surface area contributed by atoms with Crippen LogP contribution >= 0.6 is 15.9 Å². The molecule has 1 heterocycles. The van der Waals surface area contributed by atoms with E-state index < -0.39 is 5.92 Å². The van der Waals surface area contributed by atoms with E-state index in [-0.39, 0.29) is 40.8 Å². The Kier molecular flexibility index (Phi) is 6.93. The highest BCUT2D eigenvalue weighted by molar-refractivity contribution is 9.10. The molecule has 7 heteroatoms. The largest absolute Gasteiger partial charge is 0.483 e. The molecule has 0 saturated heterocycles. The topological polar surface area (TPSA) is 84.8 Å². The van der Waals surface area contributed by atoms with Gasteiger partial charge in [0.2, 0.25) is 0 Å². The van der Waals surface area contributed by atoms with Crippen molar-refractivity contribution in [2.75, 3.05) is 11.9 Å². The number of allylic oxidation sites excluding steroid dienone is 2. The van der Waals surface area contributed by atoms with E-state index >= 15 is 0 Å². The first-order valence-corrected chi connectivity index (χ1v) is 13.9. The van der Waals surface area contributed by atoms with Crippen LogP contribution in [0.4, 0.5) is 5.69 Å². The molecular weight excluding hydrogens is 544 g/mol. The highest BCUT2D eigenvalue weighted by Gasteiger charge is 2.49. The maximum atomic E-state index is 13.5. The lowest BCUT2D eigenvalue weighted by Gasteiger charge is -2.44. The number of para-hydroxylation sites is 1. The molecule has 0 aromatic heterocycles. The van der Waals surface area contributed by atoms with Crippen molar-refractivity contribution in [1.82, 2.24) is 0 Å². The zero-order valence-electron chi connectivity index (χ0n) is 22.3. The number of carbonyl (C=O) groups excluding carboxylic acids is 3. The lowest BCUT2D eigenvalue weighted by Crippen LogP contribution is -2.45. The quantitative estimate of drug-likeness (QED) is 0.431. The number of carbonyl (C=O) groups is 3. The number of ketones is 2. The zero-order chi connectivity index (χ0) is 27.2. The second-order valence-corrected chi connectivity index (χ2v) is 13.1. The molecule has 198 valence electrons. The third-order valence-electron chi connectivity index (χ3n) is 7.57. The van der Waals surface area contributed by atoms with Crippen LogP contribution in [0.1, 0.15) is 64.9 Å². The molecule has 2 unspecified atom stereocenters. The summed E-state index contributed by atoms with van der Waals surface area (Å²) in [6, 6.07) is 14.8. The fraction of sp³-hybridized carbons (Fsp3) is 0.419. The van der Waals surface area contributed by atoms with Gasteiger partial charge in [-0.1, -0.05) is 52.0 Å². The standard InChI is InChI=1S/C31H33BrN2O4/c1-30(2)13-21-28(23(35)15-30)27(29-22(34-21)14-31(3,4)16-24(29)36)18-10-11-25(20(32)12-18)38-17-26(37)33-19-8-6-5-7-9-19/h5-12,27-28H,13-17H2,1-4H3,(H,33,37). The van der Waals surface area contributed by atoms with Gasteiger partial charge in [-0.15, -0.1) is 0 Å². The number of fused-ring (bicyclic) bond motifs is 1. The van der Waals surface area contributed by atoms with Crippen LogP contribution in [0.15, 0.2) is 69.3 Å². The Hall–Kier alpha value is -3.06. The maximum absolute atomic E-state index is 13.5. The summed E-state index contributed by atoms with van der Waals surface area (Å²) in [5.74, 6) is -0.318. The van der Waals surface area contributed by atoms with Crippen molar-refractivity contribution in [3.05, 3.63) is 69.8 Å². The first-order chi connectivity index (χ1) is 17.9. The molecule has 1 amide bonds. The number of amides is 1. The smallest absolute Gasteiger partial charge is 0.262 e. The highest BCUT2D eigenvalue weighted by atomic mass is 79.9. The van der Waals surface area contributed by atoms with Crippen molar-refractivity contribution in [3.8, 4) is 5.75 Å². The van der Waals surface area contributed by atoms with Crippen molar-refractivity contribution in [2.45, 2.75) is 59.3 Å². The molecule has 3 aliphatic rings. The number of benzene rings is 2. The lowest BCUT2D eigenvalue weighted by atomic mass is 9.60. The number of anilines is 1. The van der Waals surface area contributed by atoms with Gasteiger partial charge < -0.3 is 10.1 Å². The third-order valence-corrected chi connectivity index (χ3v) is 8.19. The Labute approximate surface area is 232 Å². The third kappa shape index (κ3) is 5.39. The number of ether oxygens (including phenoxy) is 1. The maximum Gasteiger partial charge on any atom is 0.262 e. The van der Waals surface area contributed by atoms with Gasteiger partial charge in [0, 0.05) is 41.4 Å². The summed E-state index contributed by atoms with van der Waals surface area (Å²) in [5, 5.41) is 2.81. The summed E-state index contributed by atoms with van der Waals surface area (Å²) in [6.07, 6.45) is 2.37. The minimum atomic E-state index is -0.428. The van der Waals surface area contributed by atoms with Crippen molar-refractivity contribution in [3.63, 3.8) is 0 Å². The number of nitrogens with one attached hydrogen (secondary N) is 1. The van der Waals surface area contributed by atoms with Crippen LogP contribution in [0.25, 0.3) is 0 Å². The zero-order valence-corrected chi connectivity index (χ0v) is 23.9. The number of hydrogen-bond donors (Lipinski definition) is 1. The molecule has 1 aliphatic heterocycles. The van der Waals surface area contributed by atoms with E-state index in [0.717, 1.165) is 23.4 Å². The first-order valence-electron chi connectivity index (χ1n) is 13.1. The Morgan fingerprint density at radius 1 is 0.974 bits per heavy atom. The minimum Gasteiger partial charge on any atom is -0.483 e. The van der Waals surface area contributed by atoms with Crippen LogP contribution < -0.4 is 10.1 Å². The molecular formula is C31H33BrN2O4. The van der Waals surface area contributed by atoms with Gasteiger partial charge in [0.15, 0.2) is 12.4 Å². The molecule has 2 aromatic carbocycles. The molecule has 5 rings (SSSR count). The second kappa shape index (κ2) is 9.92. The summed E-state index contributed by atoms with van der Waals surface area (Å²) in [5.41, 5.74) is 3.69. The summed E-state index contributed by atoms with van der Waals surface area (Å²) in [4.78, 5) is 44.4. The molecule has 1 saturated carbocycles. The molecule has 2 aromatic rings. The molecule has 1 N–H and O–H groups in total. The van der Waals surface area contributed by atoms with Gasteiger partial charge in [0.25, 0.3) is 5.91 Å². The fourth-order valence-electron chi connectivity index (χ4n) is 6.06. The Morgan fingerprint density at radius 3 is 2.39 bits per heavy atom. The van der Waals surface area contributed by atoms with Crippen LogP contribution in [0.3, 0.4) is 0 Å². The van der Waals surface area contributed by atoms with Gasteiger partial charge in [-0.05, 0) is 69.4 Å². The van der Waals surface area contributed by atoms with Crippen LogP contribution in [0, 0.1) is 16.7 Å². The Morgan fingerprint density at radius 2 is 1.68 bits per heavy atom. The summed E-state index contributed by atoms with van der Waals surface area (Å²) in [7, 11) is 0. The van der Waals surface area contributed by atoms with Crippen LogP contribution in [-0.2, 0) is 14.4 Å². The van der Waals surface area contributed by atoms with Crippen molar-refractivity contribution >= 4 is 44.8 Å². The van der Waals surface area contributed by atoms with Crippen molar-refractivity contribution < 1.29 is 19.1 Å². The number of nitrogens with zero attached hydrogens (tertiary/aromatic N) is 1. The first kappa shape index (κ1) is 26.5. The molecule has 0 spiro atoms. The fourth-order valence-corrected chi connectivity index (χ4v) is 6.57. The van der Waals surface area contributed by atoms with Gasteiger partial charge >= 0.3 is 0 Å². The van der Waals surface area contributed by atoms with E-state index in [2.05, 4.69) is 48.9 Å². The normalized spacial score (nSPS) is 23.8. The predicted molar refractivity (Wildman–Crippen MR) is 151 cm³/mol. The molecule has 38 heavy (non-hydrogen) atoms. The molecule has 2 aliphatic carbocycles. The SMILES string of the molecule is CC1(C)CC(=O)C2C(=NC3=C(C(=O)CC(C)(C)C3)C2c2ccc(OCC(=O)Nc3ccccc3)c(Br)c2)C1. The molecule has 0 radical (unpaired) electrons. The van der Waals surface area contributed by atoms with Crippen molar-refractivity contribution in [2.24, 2.45) is 21.7 Å². The van der Waals surface area contributed by atoms with E-state index in [1.165, 1.54) is 0 Å². The van der Waals surface area contributed by atoms with E-state index in [9.17, 15) is 14.4 Å². The molecule has 1 fully saturated rings. The number of hydrogen-bond acceptors (Lipinski definition) is 5. The Balaban J connectivity index is 1.44. The predicted octanol–water partition coefficient (Wildman–Crippen LogP) is 6.65. The average molecular weight is 578 g/mol. The van der Waals surface area contributed by atoms with Gasteiger partial charge in [-0.3, -0.25) is 19.4 Å². The van der Waals surface area contributed by atoms with E-state index in [0.29, 0.717) is 40.7 Å². The number of rotatable bonds is 5. The van der Waals surface area contributed by atoms with Gasteiger partial charge in [-0.2, -0.15) is 0 Å². The summed E-state index contributed by atoms with van der Waals surface area (Å²) >= 11 is 3.60. The van der Waals surface area contributed by atoms with Crippen LogP contribution in [0.5, 0.6) is 5.75 Å². The minimum absolute atomic E-state index is 0.0794. The average Bonchev–Trinajstić information content (AvgIpc) is 2.81. The van der Waals surface area contributed by atoms with Crippen molar-refractivity contribution in [1.29, 1.82) is 0 Å². The number of aliphatic imine (C=N–C) groups is 1. The molecule has 0 bridgehead atoms. The Bertz CT molecular complexity index is 1370. The monoisotopic (exact) mass is 576 g/mol. The van der Waals surface area contributed by atoms with E-state index in [1.807, 2.05) is 42.5 Å². The van der Waals surface area contributed by atoms with E-state index in [4.69, 9.17) is 9.73 Å². The molecule has 2 atom stereocenters. The number of halogens is 1.